The molecule has 0 spiro atoms. The van der Waals surface area contributed by atoms with Gasteiger partial charge in [-0.15, -0.1) is 11.3 Å². The van der Waals surface area contributed by atoms with Gasteiger partial charge in [-0.3, -0.25) is 4.90 Å². The standard InChI is InChI=1S/C13H21BrN2OS/c1-17-8-10-2-4-16(5-3-10)12(7-15)13-6-11(14)9-18-13/h6,9-10,12H,2-5,7-8,15H2,1H3. The Balaban J connectivity index is 1.94. The van der Waals surface area contributed by atoms with E-state index < -0.39 is 0 Å². The highest BCUT2D eigenvalue weighted by atomic mass is 79.9. The van der Waals surface area contributed by atoms with E-state index >= 15 is 0 Å². The normalized spacial score (nSPS) is 20.2. The lowest BCUT2D eigenvalue weighted by Crippen LogP contribution is -2.40. The van der Waals surface area contributed by atoms with Crippen LogP contribution in [0.3, 0.4) is 0 Å². The molecule has 1 aromatic rings. The zero-order valence-corrected chi connectivity index (χ0v) is 13.2. The summed E-state index contributed by atoms with van der Waals surface area (Å²) in [5.41, 5.74) is 5.96. The van der Waals surface area contributed by atoms with Gasteiger partial charge >= 0.3 is 0 Å². The summed E-state index contributed by atoms with van der Waals surface area (Å²) in [5.74, 6) is 0.722. The minimum Gasteiger partial charge on any atom is -0.384 e. The lowest BCUT2D eigenvalue weighted by Gasteiger charge is -2.36. The molecule has 1 aliphatic heterocycles. The number of nitrogens with zero attached hydrogens (tertiary/aromatic N) is 1. The third-order valence-corrected chi connectivity index (χ3v) is 5.43. The minimum atomic E-state index is 0.379. The Kier molecular flexibility index (Phi) is 5.63. The number of methoxy groups -OCH3 is 1. The van der Waals surface area contributed by atoms with Crippen molar-refractivity contribution in [3.63, 3.8) is 0 Å². The van der Waals surface area contributed by atoms with E-state index in [-0.39, 0.29) is 0 Å². The van der Waals surface area contributed by atoms with Gasteiger partial charge in [0.15, 0.2) is 0 Å². The third-order valence-electron chi connectivity index (χ3n) is 3.63. The van der Waals surface area contributed by atoms with E-state index in [1.54, 1.807) is 18.4 Å². The maximum Gasteiger partial charge on any atom is 0.0564 e. The van der Waals surface area contributed by atoms with Crippen LogP contribution in [-0.4, -0.2) is 38.3 Å². The van der Waals surface area contributed by atoms with Crippen molar-refractivity contribution in [1.29, 1.82) is 0 Å². The van der Waals surface area contributed by atoms with Crippen LogP contribution in [0.5, 0.6) is 0 Å². The first-order chi connectivity index (χ1) is 8.74. The Hall–Kier alpha value is 0.0600. The lowest BCUT2D eigenvalue weighted by molar-refractivity contribution is 0.0818. The van der Waals surface area contributed by atoms with E-state index in [1.165, 1.54) is 17.7 Å². The Morgan fingerprint density at radius 2 is 2.28 bits per heavy atom. The van der Waals surface area contributed by atoms with E-state index in [0.29, 0.717) is 12.6 Å². The summed E-state index contributed by atoms with van der Waals surface area (Å²) < 4.78 is 6.41. The molecule has 0 bridgehead atoms. The molecular weight excluding hydrogens is 312 g/mol. The predicted octanol–water partition coefficient (Wildman–Crippen LogP) is 2.87. The molecule has 2 rings (SSSR count). The maximum absolute atomic E-state index is 5.96. The van der Waals surface area contributed by atoms with Crippen LogP contribution in [-0.2, 0) is 4.74 Å². The molecular formula is C13H21BrN2OS. The van der Waals surface area contributed by atoms with Gasteiger partial charge in [0.1, 0.15) is 0 Å². The highest BCUT2D eigenvalue weighted by Crippen LogP contribution is 2.31. The number of nitrogens with two attached hydrogens (primary N) is 1. The quantitative estimate of drug-likeness (QED) is 0.900. The molecule has 2 heterocycles. The summed E-state index contributed by atoms with van der Waals surface area (Å²) in [5, 5.41) is 2.13. The highest BCUT2D eigenvalue weighted by Gasteiger charge is 2.26. The van der Waals surface area contributed by atoms with Crippen molar-refractivity contribution >= 4 is 27.3 Å². The summed E-state index contributed by atoms with van der Waals surface area (Å²) >= 11 is 5.31. The molecule has 3 nitrogen and oxygen atoms in total. The number of rotatable bonds is 5. The fraction of sp³-hybridized carbons (Fsp3) is 0.692. The first-order valence-electron chi connectivity index (χ1n) is 6.41. The average molecular weight is 333 g/mol. The number of thiophene rings is 1. The molecule has 5 heteroatoms. The van der Waals surface area contributed by atoms with Gasteiger partial charge in [0.25, 0.3) is 0 Å². The molecule has 18 heavy (non-hydrogen) atoms. The van der Waals surface area contributed by atoms with Crippen LogP contribution >= 0.6 is 27.3 Å². The number of likely N-dealkylation sites (tertiary alicyclic amines) is 1. The second-order valence-electron chi connectivity index (χ2n) is 4.85. The van der Waals surface area contributed by atoms with Gasteiger partial charge in [0.05, 0.1) is 6.04 Å². The SMILES string of the molecule is COCC1CCN(C(CN)c2cc(Br)cs2)CC1. The van der Waals surface area contributed by atoms with Crippen molar-refractivity contribution in [2.75, 3.05) is 33.4 Å². The number of hydrogen-bond donors (Lipinski definition) is 1. The fourth-order valence-corrected chi connectivity index (χ4v) is 4.21. The van der Waals surface area contributed by atoms with E-state index in [1.807, 2.05) is 0 Å². The van der Waals surface area contributed by atoms with Crippen molar-refractivity contribution in [1.82, 2.24) is 4.90 Å². The Morgan fingerprint density at radius 3 is 2.78 bits per heavy atom. The first-order valence-corrected chi connectivity index (χ1v) is 8.08. The third kappa shape index (κ3) is 3.54. The highest BCUT2D eigenvalue weighted by molar-refractivity contribution is 9.10. The van der Waals surface area contributed by atoms with Crippen molar-refractivity contribution in [3.05, 3.63) is 20.8 Å². The molecule has 1 aliphatic rings. The Morgan fingerprint density at radius 1 is 1.56 bits per heavy atom. The summed E-state index contributed by atoms with van der Waals surface area (Å²) in [6.07, 6.45) is 2.44. The lowest BCUT2D eigenvalue weighted by atomic mass is 9.96. The molecule has 2 N–H and O–H groups in total. The van der Waals surface area contributed by atoms with Crippen molar-refractivity contribution in [2.24, 2.45) is 11.7 Å². The fourth-order valence-electron chi connectivity index (χ4n) is 2.62. The summed E-state index contributed by atoms with van der Waals surface area (Å²) in [6, 6.07) is 2.58. The largest absolute Gasteiger partial charge is 0.384 e. The summed E-state index contributed by atoms with van der Waals surface area (Å²) in [4.78, 5) is 3.89. The van der Waals surface area contributed by atoms with Crippen molar-refractivity contribution in [3.8, 4) is 0 Å². The summed E-state index contributed by atoms with van der Waals surface area (Å²) in [7, 11) is 1.79. The molecule has 1 fully saturated rings. The molecule has 1 unspecified atom stereocenters. The molecule has 0 amide bonds. The topological polar surface area (TPSA) is 38.5 Å². The van der Waals surface area contributed by atoms with Gasteiger partial charge in [-0.25, -0.2) is 0 Å². The zero-order valence-electron chi connectivity index (χ0n) is 10.8. The van der Waals surface area contributed by atoms with Crippen molar-refractivity contribution < 1.29 is 4.74 Å². The molecule has 102 valence electrons. The maximum atomic E-state index is 5.96. The van der Waals surface area contributed by atoms with Gasteiger partial charge < -0.3 is 10.5 Å². The number of halogens is 1. The van der Waals surface area contributed by atoms with Crippen LogP contribution in [0, 0.1) is 5.92 Å². The van der Waals surface area contributed by atoms with Gasteiger partial charge in [-0.2, -0.15) is 0 Å². The molecule has 0 radical (unpaired) electrons. The second-order valence-corrected chi connectivity index (χ2v) is 6.71. The molecule has 1 atom stereocenters. The molecule has 1 aromatic heterocycles. The number of piperidine rings is 1. The predicted molar refractivity (Wildman–Crippen MR) is 80.0 cm³/mol. The van der Waals surface area contributed by atoms with Gasteiger partial charge in [-0.05, 0) is 53.8 Å². The average Bonchev–Trinajstić information content (AvgIpc) is 2.79. The first kappa shape index (κ1) is 14.5. The van der Waals surface area contributed by atoms with E-state index in [0.717, 1.165) is 30.1 Å². The second kappa shape index (κ2) is 7.01. The van der Waals surface area contributed by atoms with Crippen LogP contribution in [0.15, 0.2) is 15.9 Å². The molecule has 0 aromatic carbocycles. The Bertz CT molecular complexity index is 364. The minimum absolute atomic E-state index is 0.379. The summed E-state index contributed by atoms with van der Waals surface area (Å²) in [6.45, 7) is 3.85. The molecule has 0 aliphatic carbocycles. The van der Waals surface area contributed by atoms with Crippen LogP contribution in [0.2, 0.25) is 0 Å². The van der Waals surface area contributed by atoms with Crippen LogP contribution in [0.25, 0.3) is 0 Å². The van der Waals surface area contributed by atoms with E-state index in [2.05, 4.69) is 32.3 Å². The van der Waals surface area contributed by atoms with E-state index in [4.69, 9.17) is 10.5 Å². The van der Waals surface area contributed by atoms with Gasteiger partial charge in [0, 0.05) is 35.0 Å². The van der Waals surface area contributed by atoms with Gasteiger partial charge in [-0.1, -0.05) is 0 Å². The van der Waals surface area contributed by atoms with E-state index in [9.17, 15) is 0 Å². The monoisotopic (exact) mass is 332 g/mol. The van der Waals surface area contributed by atoms with Gasteiger partial charge in [0.2, 0.25) is 0 Å². The Labute approximate surface area is 121 Å². The van der Waals surface area contributed by atoms with Crippen molar-refractivity contribution in [2.45, 2.75) is 18.9 Å². The van der Waals surface area contributed by atoms with Crippen LogP contribution in [0.1, 0.15) is 23.8 Å². The smallest absolute Gasteiger partial charge is 0.0564 e. The number of hydrogen-bond acceptors (Lipinski definition) is 4. The molecule has 1 saturated heterocycles. The number of ether oxygens (including phenoxy) is 1. The van der Waals surface area contributed by atoms with Crippen LogP contribution in [0.4, 0.5) is 0 Å². The van der Waals surface area contributed by atoms with Crippen LogP contribution < -0.4 is 5.73 Å². The molecule has 0 saturated carbocycles. The zero-order chi connectivity index (χ0) is 13.0.